The summed E-state index contributed by atoms with van der Waals surface area (Å²) in [6.07, 6.45) is 0.622. The third kappa shape index (κ3) is 2.91. The van der Waals surface area contributed by atoms with Crippen molar-refractivity contribution in [3.63, 3.8) is 0 Å². The largest absolute Gasteiger partial charge is 0.466 e. The van der Waals surface area contributed by atoms with Gasteiger partial charge in [-0.2, -0.15) is 5.26 Å². The normalized spacial score (nSPS) is 9.47. The maximum Gasteiger partial charge on any atom is 0.310 e. The lowest BCUT2D eigenvalue weighted by Crippen LogP contribution is -2.10. The van der Waals surface area contributed by atoms with Gasteiger partial charge in [0.05, 0.1) is 18.6 Å². The molecule has 0 atom stereocenters. The fourth-order valence-corrected chi connectivity index (χ4v) is 1.58. The molecule has 0 amide bonds. The van der Waals surface area contributed by atoms with E-state index in [0.29, 0.717) is 24.0 Å². The molecule has 17 heavy (non-hydrogen) atoms. The van der Waals surface area contributed by atoms with E-state index >= 15 is 0 Å². The Bertz CT molecular complexity index is 486. The first-order valence-electron chi connectivity index (χ1n) is 5.27. The first kappa shape index (κ1) is 12.9. The van der Waals surface area contributed by atoms with Crippen LogP contribution in [-0.4, -0.2) is 18.9 Å². The van der Waals surface area contributed by atoms with Crippen LogP contribution >= 0.6 is 0 Å². The topological polar surface area (TPSA) is 67.2 Å². The highest BCUT2D eigenvalue weighted by molar-refractivity contribution is 5.85. The third-order valence-corrected chi connectivity index (χ3v) is 2.41. The number of rotatable bonds is 4. The zero-order valence-corrected chi connectivity index (χ0v) is 9.82. The van der Waals surface area contributed by atoms with Gasteiger partial charge >= 0.3 is 5.97 Å². The van der Waals surface area contributed by atoms with Gasteiger partial charge in [-0.25, -0.2) is 0 Å². The van der Waals surface area contributed by atoms with Gasteiger partial charge in [-0.1, -0.05) is 12.1 Å². The fourth-order valence-electron chi connectivity index (χ4n) is 1.58. The Balaban J connectivity index is 3.13. The van der Waals surface area contributed by atoms with Crippen LogP contribution in [0, 0.1) is 18.3 Å². The molecule has 1 rings (SSSR count). The van der Waals surface area contributed by atoms with Crippen LogP contribution in [0.3, 0.4) is 0 Å². The van der Waals surface area contributed by atoms with Crippen molar-refractivity contribution >= 4 is 12.3 Å². The summed E-state index contributed by atoms with van der Waals surface area (Å²) in [6, 6.07) is 5.38. The number of hydrogen-bond acceptors (Lipinski definition) is 4. The minimum absolute atomic E-state index is 0.0108. The van der Waals surface area contributed by atoms with Crippen LogP contribution in [-0.2, 0) is 16.0 Å². The van der Waals surface area contributed by atoms with Gasteiger partial charge < -0.3 is 4.74 Å². The van der Waals surface area contributed by atoms with Gasteiger partial charge in [0.25, 0.3) is 0 Å². The highest BCUT2D eigenvalue weighted by Gasteiger charge is 2.13. The first-order chi connectivity index (χ1) is 8.13. The van der Waals surface area contributed by atoms with E-state index in [1.54, 1.807) is 26.0 Å². The van der Waals surface area contributed by atoms with E-state index in [2.05, 4.69) is 0 Å². The lowest BCUT2D eigenvalue weighted by atomic mass is 9.96. The second kappa shape index (κ2) is 5.80. The first-order valence-corrected chi connectivity index (χ1v) is 5.27. The molecule has 0 radical (unpaired) electrons. The summed E-state index contributed by atoms with van der Waals surface area (Å²) in [5.41, 5.74) is 1.85. The van der Waals surface area contributed by atoms with Crippen LogP contribution in [0.15, 0.2) is 12.1 Å². The molecule has 4 heteroatoms. The molecule has 0 fully saturated rings. The molecular weight excluding hydrogens is 218 g/mol. The van der Waals surface area contributed by atoms with Gasteiger partial charge in [0, 0.05) is 5.56 Å². The minimum Gasteiger partial charge on any atom is -0.466 e. The summed E-state index contributed by atoms with van der Waals surface area (Å²) in [6.45, 7) is 3.76. The number of hydrogen-bond donors (Lipinski definition) is 0. The molecule has 0 heterocycles. The molecule has 0 aliphatic heterocycles. The second-order valence-corrected chi connectivity index (χ2v) is 3.54. The molecule has 0 N–H and O–H groups in total. The Morgan fingerprint density at radius 2 is 2.24 bits per heavy atom. The van der Waals surface area contributed by atoms with Gasteiger partial charge in [-0.05, 0) is 25.0 Å². The van der Waals surface area contributed by atoms with Crippen molar-refractivity contribution < 1.29 is 14.3 Å². The molecular formula is C13H13NO3. The molecule has 0 aliphatic carbocycles. The van der Waals surface area contributed by atoms with Gasteiger partial charge in [0.1, 0.15) is 6.07 Å². The predicted molar refractivity (Wildman–Crippen MR) is 61.6 cm³/mol. The molecule has 4 nitrogen and oxygen atoms in total. The van der Waals surface area contributed by atoms with E-state index < -0.39 is 5.97 Å². The van der Waals surface area contributed by atoms with E-state index in [0.717, 1.165) is 5.56 Å². The van der Waals surface area contributed by atoms with Crippen molar-refractivity contribution in [1.82, 2.24) is 0 Å². The van der Waals surface area contributed by atoms with Crippen molar-refractivity contribution in [2.45, 2.75) is 20.3 Å². The van der Waals surface area contributed by atoms with Crippen molar-refractivity contribution in [3.8, 4) is 6.07 Å². The van der Waals surface area contributed by atoms with Gasteiger partial charge in [-0.3, -0.25) is 9.59 Å². The lowest BCUT2D eigenvalue weighted by molar-refractivity contribution is -0.142. The van der Waals surface area contributed by atoms with Gasteiger partial charge in [0.15, 0.2) is 6.29 Å². The molecule has 0 saturated carbocycles. The number of ether oxygens (including phenoxy) is 1. The molecule has 1 aromatic rings. The molecule has 88 valence electrons. The van der Waals surface area contributed by atoms with Gasteiger partial charge in [0.2, 0.25) is 0 Å². The SMILES string of the molecule is CCOC(=O)Cc1ccc(C)c(C#N)c1C=O. The number of benzene rings is 1. The van der Waals surface area contributed by atoms with Crippen molar-refractivity contribution in [3.05, 3.63) is 34.4 Å². The van der Waals surface area contributed by atoms with Crippen molar-refractivity contribution in [1.29, 1.82) is 5.26 Å². The Morgan fingerprint density at radius 3 is 2.76 bits per heavy atom. The number of nitrogens with zero attached hydrogens (tertiary/aromatic N) is 1. The van der Waals surface area contributed by atoms with Crippen LogP contribution < -0.4 is 0 Å². The average molecular weight is 231 g/mol. The zero-order chi connectivity index (χ0) is 12.8. The summed E-state index contributed by atoms with van der Waals surface area (Å²) in [4.78, 5) is 22.3. The maximum absolute atomic E-state index is 11.3. The van der Waals surface area contributed by atoms with E-state index in [-0.39, 0.29) is 12.0 Å². The highest BCUT2D eigenvalue weighted by atomic mass is 16.5. The van der Waals surface area contributed by atoms with E-state index in [1.165, 1.54) is 0 Å². The quantitative estimate of drug-likeness (QED) is 0.585. The van der Waals surface area contributed by atoms with Crippen LogP contribution in [0.25, 0.3) is 0 Å². The molecule has 1 aromatic carbocycles. The van der Waals surface area contributed by atoms with E-state index in [4.69, 9.17) is 10.00 Å². The smallest absolute Gasteiger partial charge is 0.310 e. The number of aldehydes is 1. The molecule has 0 unspecified atom stereocenters. The van der Waals surface area contributed by atoms with Crippen LogP contribution in [0.2, 0.25) is 0 Å². The Hall–Kier alpha value is -2.15. The maximum atomic E-state index is 11.3. The number of esters is 1. The van der Waals surface area contributed by atoms with Crippen LogP contribution in [0.1, 0.15) is 34.0 Å². The summed E-state index contributed by atoms with van der Waals surface area (Å²) in [5.74, 6) is -0.400. The standard InChI is InChI=1S/C13H13NO3/c1-3-17-13(16)6-10-5-4-9(2)11(7-14)12(10)8-15/h4-5,8H,3,6H2,1-2H3. The summed E-state index contributed by atoms with van der Waals surface area (Å²) >= 11 is 0. The summed E-state index contributed by atoms with van der Waals surface area (Å²) in [5, 5.41) is 8.97. The summed E-state index contributed by atoms with van der Waals surface area (Å²) < 4.78 is 4.81. The number of carbonyl (C=O) groups is 2. The Labute approximate surface area is 99.8 Å². The number of nitriles is 1. The minimum atomic E-state index is -0.400. The average Bonchev–Trinajstić information content (AvgIpc) is 2.31. The zero-order valence-electron chi connectivity index (χ0n) is 9.82. The number of aryl methyl sites for hydroxylation is 1. The second-order valence-electron chi connectivity index (χ2n) is 3.54. The third-order valence-electron chi connectivity index (χ3n) is 2.41. The lowest BCUT2D eigenvalue weighted by Gasteiger charge is -2.08. The monoisotopic (exact) mass is 231 g/mol. The van der Waals surface area contributed by atoms with Crippen LogP contribution in [0.4, 0.5) is 0 Å². The van der Waals surface area contributed by atoms with E-state index in [1.807, 2.05) is 6.07 Å². The van der Waals surface area contributed by atoms with Gasteiger partial charge in [-0.15, -0.1) is 0 Å². The highest BCUT2D eigenvalue weighted by Crippen LogP contribution is 2.17. The molecule has 0 saturated heterocycles. The van der Waals surface area contributed by atoms with E-state index in [9.17, 15) is 9.59 Å². The Kier molecular flexibility index (Phi) is 4.41. The fraction of sp³-hybridized carbons (Fsp3) is 0.308. The molecule has 0 bridgehead atoms. The molecule has 0 aromatic heterocycles. The van der Waals surface area contributed by atoms with Crippen molar-refractivity contribution in [2.75, 3.05) is 6.61 Å². The molecule has 0 aliphatic rings. The predicted octanol–water partition coefficient (Wildman–Crippen LogP) is 1.78. The summed E-state index contributed by atoms with van der Waals surface area (Å²) in [7, 11) is 0. The number of carbonyl (C=O) groups excluding carboxylic acids is 2. The van der Waals surface area contributed by atoms with Crippen molar-refractivity contribution in [2.24, 2.45) is 0 Å². The van der Waals surface area contributed by atoms with Crippen LogP contribution in [0.5, 0.6) is 0 Å². The molecule has 0 spiro atoms. The Morgan fingerprint density at radius 1 is 1.53 bits per heavy atom.